The third-order valence-electron chi connectivity index (χ3n) is 2.68. The summed E-state index contributed by atoms with van der Waals surface area (Å²) in [7, 11) is 1.93. The van der Waals surface area contributed by atoms with E-state index in [2.05, 4.69) is 41.0 Å². The fraction of sp³-hybridized carbons (Fsp3) is 0.462. The lowest BCUT2D eigenvalue weighted by Crippen LogP contribution is -2.23. The molecule has 1 rings (SSSR count). The molecule has 3 heteroatoms. The van der Waals surface area contributed by atoms with Gasteiger partial charge in [-0.15, -0.1) is 6.42 Å². The van der Waals surface area contributed by atoms with Gasteiger partial charge in [0.1, 0.15) is 0 Å². The summed E-state index contributed by atoms with van der Waals surface area (Å²) in [5.74, 6) is 2.65. The number of rotatable bonds is 5. The zero-order valence-electron chi connectivity index (χ0n) is 10.2. The topological polar surface area (TPSA) is 28.2 Å². The predicted molar refractivity (Wildman–Crippen MR) is 68.4 cm³/mol. The molecule has 0 radical (unpaired) electrons. The molecule has 0 aliphatic carbocycles. The Morgan fingerprint density at radius 1 is 1.56 bits per heavy atom. The number of anilines is 1. The molecule has 86 valence electrons. The minimum absolute atomic E-state index is 0.275. The molecule has 16 heavy (non-hydrogen) atoms. The van der Waals surface area contributed by atoms with Crippen LogP contribution in [0.15, 0.2) is 18.3 Å². The first-order valence-electron chi connectivity index (χ1n) is 5.54. The van der Waals surface area contributed by atoms with E-state index >= 15 is 0 Å². The molecule has 3 nitrogen and oxygen atoms in total. The van der Waals surface area contributed by atoms with E-state index in [1.54, 1.807) is 0 Å². The standard InChI is InChI=1S/C13H19N3/c1-5-9-16(6-2)12-7-8-13(15-10-12)11(3)14-4/h1,7-8,10-11,14H,6,9H2,2-4H3. The van der Waals surface area contributed by atoms with Gasteiger partial charge in [0.05, 0.1) is 24.1 Å². The van der Waals surface area contributed by atoms with Crippen LogP contribution in [0.4, 0.5) is 5.69 Å². The molecule has 0 fully saturated rings. The minimum atomic E-state index is 0.275. The Balaban J connectivity index is 2.81. The summed E-state index contributed by atoms with van der Waals surface area (Å²) in [6, 6.07) is 4.38. The van der Waals surface area contributed by atoms with Crippen molar-refractivity contribution in [2.45, 2.75) is 19.9 Å². The highest BCUT2D eigenvalue weighted by atomic mass is 15.1. The fourth-order valence-corrected chi connectivity index (χ4v) is 1.48. The van der Waals surface area contributed by atoms with Gasteiger partial charge in [0.2, 0.25) is 0 Å². The van der Waals surface area contributed by atoms with Crippen LogP contribution in [0.2, 0.25) is 0 Å². The predicted octanol–water partition coefficient (Wildman–Crippen LogP) is 1.82. The zero-order valence-corrected chi connectivity index (χ0v) is 10.2. The molecule has 1 atom stereocenters. The molecule has 0 aliphatic rings. The van der Waals surface area contributed by atoms with E-state index in [4.69, 9.17) is 6.42 Å². The van der Waals surface area contributed by atoms with Crippen molar-refractivity contribution in [1.82, 2.24) is 10.3 Å². The van der Waals surface area contributed by atoms with Gasteiger partial charge < -0.3 is 10.2 Å². The first kappa shape index (κ1) is 12.5. The van der Waals surface area contributed by atoms with Crippen LogP contribution in [0.1, 0.15) is 25.6 Å². The molecule has 0 bridgehead atoms. The van der Waals surface area contributed by atoms with E-state index in [-0.39, 0.29) is 6.04 Å². The number of terminal acetylenes is 1. The third-order valence-corrected chi connectivity index (χ3v) is 2.68. The van der Waals surface area contributed by atoms with Gasteiger partial charge in [-0.05, 0) is 33.0 Å². The summed E-state index contributed by atoms with van der Waals surface area (Å²) in [5.41, 5.74) is 2.12. The second-order valence-corrected chi connectivity index (χ2v) is 3.67. The van der Waals surface area contributed by atoms with Crippen molar-refractivity contribution in [1.29, 1.82) is 0 Å². The molecule has 1 aromatic rings. The van der Waals surface area contributed by atoms with Crippen LogP contribution >= 0.6 is 0 Å². The Kier molecular flexibility index (Phi) is 4.81. The Labute approximate surface area is 97.9 Å². The van der Waals surface area contributed by atoms with Crippen molar-refractivity contribution in [3.05, 3.63) is 24.0 Å². The Morgan fingerprint density at radius 3 is 2.75 bits per heavy atom. The highest BCUT2D eigenvalue weighted by molar-refractivity contribution is 5.45. The second kappa shape index (κ2) is 6.14. The van der Waals surface area contributed by atoms with E-state index < -0.39 is 0 Å². The van der Waals surface area contributed by atoms with Crippen LogP contribution in [0, 0.1) is 12.3 Å². The Bertz CT molecular complexity index is 350. The van der Waals surface area contributed by atoms with Crippen LogP contribution < -0.4 is 10.2 Å². The summed E-state index contributed by atoms with van der Waals surface area (Å²) in [4.78, 5) is 6.54. The van der Waals surface area contributed by atoms with Crippen LogP contribution in [0.5, 0.6) is 0 Å². The monoisotopic (exact) mass is 217 g/mol. The minimum Gasteiger partial charge on any atom is -0.359 e. The molecule has 0 aliphatic heterocycles. The van der Waals surface area contributed by atoms with Gasteiger partial charge >= 0.3 is 0 Å². The van der Waals surface area contributed by atoms with E-state index in [0.717, 1.165) is 17.9 Å². The van der Waals surface area contributed by atoms with Gasteiger partial charge in [-0.1, -0.05) is 5.92 Å². The molecule has 0 aromatic carbocycles. The maximum absolute atomic E-state index is 5.32. The molecule has 0 amide bonds. The highest BCUT2D eigenvalue weighted by Crippen LogP contribution is 2.15. The summed E-state index contributed by atoms with van der Waals surface area (Å²) < 4.78 is 0. The summed E-state index contributed by atoms with van der Waals surface area (Å²) >= 11 is 0. The fourth-order valence-electron chi connectivity index (χ4n) is 1.48. The maximum Gasteiger partial charge on any atom is 0.0792 e. The number of hydrogen-bond acceptors (Lipinski definition) is 3. The first-order chi connectivity index (χ1) is 7.72. The van der Waals surface area contributed by atoms with E-state index in [9.17, 15) is 0 Å². The highest BCUT2D eigenvalue weighted by Gasteiger charge is 2.06. The van der Waals surface area contributed by atoms with E-state index in [0.29, 0.717) is 6.54 Å². The molecule has 1 heterocycles. The summed E-state index contributed by atoms with van der Waals surface area (Å²) in [5, 5.41) is 3.16. The smallest absolute Gasteiger partial charge is 0.0792 e. The van der Waals surface area contributed by atoms with Gasteiger partial charge in [0.25, 0.3) is 0 Å². The third kappa shape index (κ3) is 2.98. The number of hydrogen-bond donors (Lipinski definition) is 1. The average molecular weight is 217 g/mol. The normalized spacial score (nSPS) is 11.9. The average Bonchev–Trinajstić information content (AvgIpc) is 2.35. The number of nitrogens with one attached hydrogen (secondary N) is 1. The number of aromatic nitrogens is 1. The lowest BCUT2D eigenvalue weighted by atomic mass is 10.2. The maximum atomic E-state index is 5.32. The summed E-state index contributed by atoms with van der Waals surface area (Å²) in [6.07, 6.45) is 7.20. The molecule has 1 aromatic heterocycles. The molecule has 0 saturated carbocycles. The van der Waals surface area contributed by atoms with Gasteiger partial charge in [-0.25, -0.2) is 0 Å². The van der Waals surface area contributed by atoms with Crippen molar-refractivity contribution in [2.75, 3.05) is 25.0 Å². The molecule has 1 N–H and O–H groups in total. The van der Waals surface area contributed by atoms with Crippen LogP contribution in [0.25, 0.3) is 0 Å². The molecule has 1 unspecified atom stereocenters. The van der Waals surface area contributed by atoms with Crippen LogP contribution in [-0.2, 0) is 0 Å². The van der Waals surface area contributed by atoms with Crippen molar-refractivity contribution in [3.8, 4) is 12.3 Å². The van der Waals surface area contributed by atoms with Crippen molar-refractivity contribution >= 4 is 5.69 Å². The zero-order chi connectivity index (χ0) is 12.0. The largest absolute Gasteiger partial charge is 0.359 e. The summed E-state index contributed by atoms with van der Waals surface area (Å²) in [6.45, 7) is 5.69. The SMILES string of the molecule is C#CCN(CC)c1ccc(C(C)NC)nc1. The lowest BCUT2D eigenvalue weighted by Gasteiger charge is -2.20. The molecule has 0 spiro atoms. The van der Waals surface area contributed by atoms with Crippen molar-refractivity contribution < 1.29 is 0 Å². The Hall–Kier alpha value is -1.53. The Morgan fingerprint density at radius 2 is 2.31 bits per heavy atom. The number of pyridine rings is 1. The van der Waals surface area contributed by atoms with Crippen molar-refractivity contribution in [2.24, 2.45) is 0 Å². The second-order valence-electron chi connectivity index (χ2n) is 3.67. The van der Waals surface area contributed by atoms with Gasteiger partial charge in [0, 0.05) is 12.6 Å². The molecular weight excluding hydrogens is 198 g/mol. The van der Waals surface area contributed by atoms with Gasteiger partial charge in [0.15, 0.2) is 0 Å². The van der Waals surface area contributed by atoms with E-state index in [1.807, 2.05) is 19.3 Å². The molecule has 0 saturated heterocycles. The number of nitrogens with zero attached hydrogens (tertiary/aromatic N) is 2. The van der Waals surface area contributed by atoms with Gasteiger partial charge in [-0.3, -0.25) is 4.98 Å². The van der Waals surface area contributed by atoms with Crippen LogP contribution in [0.3, 0.4) is 0 Å². The molecular formula is C13H19N3. The lowest BCUT2D eigenvalue weighted by molar-refractivity contribution is 0.632. The van der Waals surface area contributed by atoms with E-state index in [1.165, 1.54) is 0 Å². The quantitative estimate of drug-likeness (QED) is 0.763. The van der Waals surface area contributed by atoms with Crippen LogP contribution in [-0.4, -0.2) is 25.1 Å². The van der Waals surface area contributed by atoms with Gasteiger partial charge in [-0.2, -0.15) is 0 Å². The van der Waals surface area contributed by atoms with Crippen molar-refractivity contribution in [3.63, 3.8) is 0 Å². The first-order valence-corrected chi connectivity index (χ1v) is 5.54.